The number of hydrogen-bond donors (Lipinski definition) is 0. The summed E-state index contributed by atoms with van der Waals surface area (Å²) < 4.78 is 4.74. The van der Waals surface area contributed by atoms with Crippen LogP contribution in [0, 0.1) is 20.8 Å². The Morgan fingerprint density at radius 1 is 1.21 bits per heavy atom. The van der Waals surface area contributed by atoms with Crippen LogP contribution in [0.25, 0.3) is 10.2 Å². The Morgan fingerprint density at radius 2 is 2.03 bits per heavy atom. The summed E-state index contributed by atoms with van der Waals surface area (Å²) in [6.45, 7) is 9.89. The fraction of sp³-hybridized carbons (Fsp3) is 0.333. The monoisotopic (exact) mass is 408 g/mol. The second-order valence-corrected chi connectivity index (χ2v) is 8.15. The van der Waals surface area contributed by atoms with Crippen LogP contribution in [-0.4, -0.2) is 37.0 Å². The maximum Gasteiger partial charge on any atom is 0.280 e. The molecule has 1 amide bonds. The predicted octanol–water partition coefficient (Wildman–Crippen LogP) is 3.98. The topological polar surface area (TPSA) is 68.8 Å². The Labute approximate surface area is 173 Å². The Bertz CT molecular complexity index is 1160. The third kappa shape index (κ3) is 3.80. The first-order valence-corrected chi connectivity index (χ1v) is 10.5. The van der Waals surface area contributed by atoms with Gasteiger partial charge in [0.2, 0.25) is 0 Å². The van der Waals surface area contributed by atoms with Gasteiger partial charge in [0.05, 0.1) is 16.8 Å². The second-order valence-electron chi connectivity index (χ2n) is 7.14. The molecular formula is C21H24N6OS. The average Bonchev–Trinajstić information content (AvgIpc) is 3.41. The Balaban J connectivity index is 1.73. The minimum Gasteiger partial charge on any atom is -0.281 e. The van der Waals surface area contributed by atoms with Gasteiger partial charge >= 0.3 is 0 Å². The van der Waals surface area contributed by atoms with Gasteiger partial charge in [0, 0.05) is 31.2 Å². The highest BCUT2D eigenvalue weighted by Crippen LogP contribution is 2.32. The number of amides is 1. The average molecular weight is 409 g/mol. The first-order valence-electron chi connectivity index (χ1n) is 9.67. The Kier molecular flexibility index (Phi) is 5.19. The molecule has 150 valence electrons. The third-order valence-electron chi connectivity index (χ3n) is 4.91. The van der Waals surface area contributed by atoms with E-state index in [0.29, 0.717) is 23.9 Å². The standard InChI is InChI=1S/C21H24N6OS/c1-5-27-16(4)13-17(24-27)20(28)26(10-9-25-8-6-7-22-25)21-23-19-15(3)11-14(2)12-18(19)29-21/h6-8,11-13H,5,9-10H2,1-4H3. The lowest BCUT2D eigenvalue weighted by Gasteiger charge is -2.18. The number of aryl methyl sites for hydroxylation is 4. The molecule has 0 N–H and O–H groups in total. The lowest BCUT2D eigenvalue weighted by Crippen LogP contribution is -2.34. The molecule has 0 aliphatic rings. The fourth-order valence-electron chi connectivity index (χ4n) is 3.47. The van der Waals surface area contributed by atoms with Crippen molar-refractivity contribution in [1.29, 1.82) is 0 Å². The van der Waals surface area contributed by atoms with E-state index in [-0.39, 0.29) is 5.91 Å². The van der Waals surface area contributed by atoms with Gasteiger partial charge in [-0.05, 0) is 57.0 Å². The van der Waals surface area contributed by atoms with Crippen molar-refractivity contribution in [3.63, 3.8) is 0 Å². The molecule has 0 radical (unpaired) electrons. The van der Waals surface area contributed by atoms with Crippen molar-refractivity contribution >= 4 is 32.6 Å². The normalized spacial score (nSPS) is 11.3. The molecule has 0 atom stereocenters. The van der Waals surface area contributed by atoms with Crippen molar-refractivity contribution in [2.75, 3.05) is 11.4 Å². The van der Waals surface area contributed by atoms with Crippen LogP contribution in [0.4, 0.5) is 5.13 Å². The molecule has 0 unspecified atom stereocenters. The number of nitrogens with zero attached hydrogens (tertiary/aromatic N) is 6. The van der Waals surface area contributed by atoms with Gasteiger partial charge < -0.3 is 0 Å². The molecule has 0 bridgehead atoms. The van der Waals surface area contributed by atoms with E-state index < -0.39 is 0 Å². The van der Waals surface area contributed by atoms with Gasteiger partial charge in [-0.1, -0.05) is 17.4 Å². The first kappa shape index (κ1) is 19.3. The molecule has 3 aromatic heterocycles. The quantitative estimate of drug-likeness (QED) is 0.484. The first-order chi connectivity index (χ1) is 14.0. The zero-order valence-corrected chi connectivity index (χ0v) is 17.9. The fourth-order valence-corrected chi connectivity index (χ4v) is 4.63. The van der Waals surface area contributed by atoms with E-state index in [0.717, 1.165) is 28.0 Å². The maximum absolute atomic E-state index is 13.4. The maximum atomic E-state index is 13.4. The van der Waals surface area contributed by atoms with Crippen LogP contribution in [-0.2, 0) is 13.1 Å². The van der Waals surface area contributed by atoms with Crippen LogP contribution in [0.3, 0.4) is 0 Å². The summed E-state index contributed by atoms with van der Waals surface area (Å²) >= 11 is 1.54. The SMILES string of the molecule is CCn1nc(C(=O)N(CCn2cccn2)c2nc3c(C)cc(C)cc3s2)cc1C. The van der Waals surface area contributed by atoms with Crippen molar-refractivity contribution in [1.82, 2.24) is 24.5 Å². The summed E-state index contributed by atoms with van der Waals surface area (Å²) in [6.07, 6.45) is 3.63. The van der Waals surface area contributed by atoms with Gasteiger partial charge in [0.25, 0.3) is 5.91 Å². The highest BCUT2D eigenvalue weighted by atomic mass is 32.1. The van der Waals surface area contributed by atoms with Crippen molar-refractivity contribution < 1.29 is 4.79 Å². The molecule has 0 aliphatic carbocycles. The molecule has 0 saturated carbocycles. The molecule has 3 heterocycles. The van der Waals surface area contributed by atoms with E-state index in [9.17, 15) is 4.79 Å². The predicted molar refractivity (Wildman–Crippen MR) is 116 cm³/mol. The van der Waals surface area contributed by atoms with Gasteiger partial charge in [0.15, 0.2) is 10.8 Å². The van der Waals surface area contributed by atoms with Crippen molar-refractivity contribution in [2.45, 2.75) is 40.8 Å². The lowest BCUT2D eigenvalue weighted by atomic mass is 10.1. The van der Waals surface area contributed by atoms with E-state index in [1.807, 2.05) is 41.5 Å². The molecule has 0 saturated heterocycles. The van der Waals surface area contributed by atoms with Crippen molar-refractivity contribution in [2.24, 2.45) is 0 Å². The number of benzene rings is 1. The number of aromatic nitrogens is 5. The highest BCUT2D eigenvalue weighted by molar-refractivity contribution is 7.22. The van der Waals surface area contributed by atoms with Gasteiger partial charge in [-0.15, -0.1) is 0 Å². The number of hydrogen-bond acceptors (Lipinski definition) is 5. The summed E-state index contributed by atoms with van der Waals surface area (Å²) in [6, 6.07) is 7.96. The van der Waals surface area contributed by atoms with E-state index in [4.69, 9.17) is 4.98 Å². The third-order valence-corrected chi connectivity index (χ3v) is 5.93. The van der Waals surface area contributed by atoms with Gasteiger partial charge in [-0.25, -0.2) is 4.98 Å². The van der Waals surface area contributed by atoms with Gasteiger partial charge in [-0.2, -0.15) is 10.2 Å². The number of thiazole rings is 1. The van der Waals surface area contributed by atoms with Crippen LogP contribution in [0.15, 0.2) is 36.7 Å². The minimum absolute atomic E-state index is 0.138. The number of carbonyl (C=O) groups excluding carboxylic acids is 1. The molecule has 4 rings (SSSR count). The van der Waals surface area contributed by atoms with E-state index in [1.165, 1.54) is 5.56 Å². The zero-order chi connectivity index (χ0) is 20.5. The van der Waals surface area contributed by atoms with E-state index >= 15 is 0 Å². The van der Waals surface area contributed by atoms with Crippen molar-refractivity contribution in [3.05, 3.63) is 59.2 Å². The smallest absolute Gasteiger partial charge is 0.280 e. The van der Waals surface area contributed by atoms with Crippen molar-refractivity contribution in [3.8, 4) is 0 Å². The molecule has 29 heavy (non-hydrogen) atoms. The largest absolute Gasteiger partial charge is 0.281 e. The molecule has 0 spiro atoms. The van der Waals surface area contributed by atoms with Crippen LogP contribution in [0.2, 0.25) is 0 Å². The summed E-state index contributed by atoms with van der Waals surface area (Å²) in [5.74, 6) is -0.138. The summed E-state index contributed by atoms with van der Waals surface area (Å²) in [5, 5.41) is 9.43. The van der Waals surface area contributed by atoms with E-state index in [1.54, 1.807) is 22.4 Å². The number of fused-ring (bicyclic) bond motifs is 1. The molecule has 0 fully saturated rings. The highest BCUT2D eigenvalue weighted by Gasteiger charge is 2.24. The van der Waals surface area contributed by atoms with Crippen LogP contribution in [0.5, 0.6) is 0 Å². The van der Waals surface area contributed by atoms with Gasteiger partial charge in [0.1, 0.15) is 0 Å². The molecular weight excluding hydrogens is 384 g/mol. The van der Waals surface area contributed by atoms with Crippen LogP contribution >= 0.6 is 11.3 Å². The zero-order valence-electron chi connectivity index (χ0n) is 17.1. The van der Waals surface area contributed by atoms with Crippen LogP contribution in [0.1, 0.15) is 34.2 Å². The number of anilines is 1. The lowest BCUT2D eigenvalue weighted by molar-refractivity contribution is 0.0980. The summed E-state index contributed by atoms with van der Waals surface area (Å²) in [4.78, 5) is 19.9. The molecule has 8 heteroatoms. The molecule has 1 aromatic carbocycles. The summed E-state index contributed by atoms with van der Waals surface area (Å²) in [5.41, 5.74) is 4.67. The second kappa shape index (κ2) is 7.79. The number of carbonyl (C=O) groups is 1. The number of rotatable bonds is 6. The Morgan fingerprint density at radius 3 is 2.72 bits per heavy atom. The Hall–Kier alpha value is -3.00. The molecule has 4 aromatic rings. The van der Waals surface area contributed by atoms with E-state index in [2.05, 4.69) is 36.2 Å². The van der Waals surface area contributed by atoms with Crippen LogP contribution < -0.4 is 4.90 Å². The minimum atomic E-state index is -0.138. The molecule has 7 nitrogen and oxygen atoms in total. The van der Waals surface area contributed by atoms with Gasteiger partial charge in [-0.3, -0.25) is 19.1 Å². The summed E-state index contributed by atoms with van der Waals surface area (Å²) in [7, 11) is 0. The molecule has 0 aliphatic heterocycles.